The van der Waals surface area contributed by atoms with Crippen LogP contribution in [0, 0.1) is 6.92 Å². The zero-order valence-electron chi connectivity index (χ0n) is 16.3. The summed E-state index contributed by atoms with van der Waals surface area (Å²) in [7, 11) is -4.09. The Morgan fingerprint density at radius 1 is 1.14 bits per heavy atom. The normalized spacial score (nSPS) is 30.2. The van der Waals surface area contributed by atoms with Gasteiger partial charge in [0.2, 0.25) is 0 Å². The molecule has 2 aliphatic heterocycles. The molecule has 4 rings (SSSR count). The molecule has 0 amide bonds. The lowest BCUT2D eigenvalue weighted by molar-refractivity contribution is -0.193. The van der Waals surface area contributed by atoms with Crippen LogP contribution in [0.25, 0.3) is 0 Å². The molecule has 2 aromatic carbocycles. The summed E-state index contributed by atoms with van der Waals surface area (Å²) in [6.45, 7) is 4.10. The predicted octanol–water partition coefficient (Wildman–Crippen LogP) is 1.90. The van der Waals surface area contributed by atoms with E-state index in [1.165, 1.54) is 12.1 Å². The van der Waals surface area contributed by atoms with E-state index in [0.717, 1.165) is 11.1 Å². The largest absolute Gasteiger partial charge is 0.388 e. The lowest BCUT2D eigenvalue weighted by atomic mass is 9.96. The van der Waals surface area contributed by atoms with Crippen LogP contribution in [0.3, 0.4) is 0 Å². The van der Waals surface area contributed by atoms with Crippen LogP contribution in [0.2, 0.25) is 0 Å². The van der Waals surface area contributed by atoms with Gasteiger partial charge in [-0.3, -0.25) is 4.18 Å². The molecule has 2 aromatic rings. The molecule has 6 atom stereocenters. The van der Waals surface area contributed by atoms with Gasteiger partial charge in [-0.05, 0) is 31.5 Å². The van der Waals surface area contributed by atoms with Crippen molar-refractivity contribution in [3.8, 4) is 0 Å². The van der Waals surface area contributed by atoms with E-state index in [2.05, 4.69) is 5.32 Å². The summed E-state index contributed by atoms with van der Waals surface area (Å²) >= 11 is 0. The smallest absolute Gasteiger partial charge is 0.297 e. The minimum Gasteiger partial charge on any atom is -0.388 e. The highest BCUT2D eigenvalue weighted by molar-refractivity contribution is 7.86. The third-order valence-electron chi connectivity index (χ3n) is 5.40. The Hall–Kier alpha value is -1.81. The van der Waals surface area contributed by atoms with E-state index in [4.69, 9.17) is 13.7 Å². The van der Waals surface area contributed by atoms with E-state index in [9.17, 15) is 13.5 Å². The van der Waals surface area contributed by atoms with Gasteiger partial charge in [-0.15, -0.1) is 0 Å². The molecule has 0 radical (unpaired) electrons. The van der Waals surface area contributed by atoms with Crippen LogP contribution < -0.4 is 5.32 Å². The van der Waals surface area contributed by atoms with Gasteiger partial charge >= 0.3 is 0 Å². The van der Waals surface area contributed by atoms with Gasteiger partial charge in [0, 0.05) is 6.04 Å². The summed E-state index contributed by atoms with van der Waals surface area (Å²) in [5, 5.41) is 14.3. The average molecular weight is 419 g/mol. The summed E-state index contributed by atoms with van der Waals surface area (Å²) in [4.78, 5) is 0.0255. The van der Waals surface area contributed by atoms with E-state index in [-0.39, 0.29) is 23.6 Å². The molecule has 2 bridgehead atoms. The number of benzene rings is 2. The number of hydrogen-bond donors (Lipinski definition) is 2. The fourth-order valence-electron chi connectivity index (χ4n) is 3.73. The minimum absolute atomic E-state index is 0.0255. The third-order valence-corrected chi connectivity index (χ3v) is 6.72. The number of rotatable bonds is 6. The average Bonchev–Trinajstić information content (AvgIpc) is 3.16. The quantitative estimate of drug-likeness (QED) is 0.691. The van der Waals surface area contributed by atoms with Crippen LogP contribution in [-0.2, 0) is 23.8 Å². The first-order valence-corrected chi connectivity index (χ1v) is 11.0. The number of ether oxygens (including phenoxy) is 2. The van der Waals surface area contributed by atoms with Gasteiger partial charge < -0.3 is 19.9 Å². The van der Waals surface area contributed by atoms with Crippen molar-refractivity contribution in [1.29, 1.82) is 0 Å². The molecule has 8 heteroatoms. The van der Waals surface area contributed by atoms with Crippen LogP contribution in [0.4, 0.5) is 0 Å². The molecular formula is C21H25NO6S. The number of hydrogen-bond acceptors (Lipinski definition) is 7. The Morgan fingerprint density at radius 3 is 2.52 bits per heavy atom. The lowest BCUT2D eigenvalue weighted by Gasteiger charge is -2.39. The Bertz CT molecular complexity index is 933. The van der Waals surface area contributed by atoms with Gasteiger partial charge in [0.25, 0.3) is 10.1 Å². The monoisotopic (exact) mass is 419 g/mol. The summed E-state index contributed by atoms with van der Waals surface area (Å²) in [5.41, 5.74) is 1.98. The van der Waals surface area contributed by atoms with Crippen molar-refractivity contribution in [3.63, 3.8) is 0 Å². The minimum atomic E-state index is -4.09. The van der Waals surface area contributed by atoms with Gasteiger partial charge in [-0.25, -0.2) is 0 Å². The summed E-state index contributed by atoms with van der Waals surface area (Å²) in [6.07, 6.45) is -3.60. The standard InChI is InChI=1S/C21H25NO6S/c1-13-8-10-16(11-9-13)29(24,25)28-20-19(23)18(17-12-26-21(20)27-17)22-14(2)15-6-4-3-5-7-15/h3-11,14,17-23H,12H2,1-2H3. The SMILES string of the molecule is Cc1ccc(S(=O)(=O)OC2C3OCC(O3)C(NC(C)c3ccccc3)C2O)cc1. The highest BCUT2D eigenvalue weighted by atomic mass is 32.2. The van der Waals surface area contributed by atoms with Crippen LogP contribution in [0.5, 0.6) is 0 Å². The first-order valence-electron chi connectivity index (χ1n) is 9.61. The number of nitrogens with one attached hydrogen (secondary N) is 1. The second-order valence-electron chi connectivity index (χ2n) is 7.52. The first-order chi connectivity index (χ1) is 13.8. The Balaban J connectivity index is 1.52. The molecule has 0 aromatic heterocycles. The Labute approximate surface area is 170 Å². The maximum absolute atomic E-state index is 12.7. The van der Waals surface area contributed by atoms with Gasteiger partial charge in [0.05, 0.1) is 17.5 Å². The number of fused-ring (bicyclic) bond motifs is 2. The molecule has 0 aliphatic carbocycles. The molecule has 2 aliphatic rings. The third kappa shape index (κ3) is 4.23. The topological polar surface area (TPSA) is 94.1 Å². The molecule has 7 nitrogen and oxygen atoms in total. The van der Waals surface area contributed by atoms with E-state index >= 15 is 0 Å². The number of aliphatic hydroxyl groups excluding tert-OH is 1. The van der Waals surface area contributed by atoms with Gasteiger partial charge in [0.15, 0.2) is 12.4 Å². The molecule has 2 N–H and O–H groups in total. The summed E-state index contributed by atoms with van der Waals surface area (Å²) in [6, 6.07) is 15.5. The van der Waals surface area contributed by atoms with Gasteiger partial charge in [0.1, 0.15) is 12.2 Å². The van der Waals surface area contributed by atoms with E-state index in [1.54, 1.807) is 12.1 Å². The molecule has 156 valence electrons. The van der Waals surface area contributed by atoms with Crippen molar-refractivity contribution in [2.24, 2.45) is 0 Å². The second kappa shape index (κ2) is 8.14. The highest BCUT2D eigenvalue weighted by Crippen LogP contribution is 2.33. The van der Waals surface area contributed by atoms with E-state index < -0.39 is 34.7 Å². The maximum Gasteiger partial charge on any atom is 0.297 e. The van der Waals surface area contributed by atoms with Crippen molar-refractivity contribution in [2.75, 3.05) is 6.61 Å². The molecular weight excluding hydrogens is 394 g/mol. The molecule has 6 unspecified atom stereocenters. The number of aliphatic hydroxyl groups is 1. The molecule has 2 heterocycles. The molecule has 0 saturated carbocycles. The molecule has 2 fully saturated rings. The summed E-state index contributed by atoms with van der Waals surface area (Å²) < 4.78 is 42.2. The van der Waals surface area contributed by atoms with Crippen molar-refractivity contribution < 1.29 is 27.2 Å². The van der Waals surface area contributed by atoms with E-state index in [1.807, 2.05) is 44.2 Å². The Morgan fingerprint density at radius 2 is 1.83 bits per heavy atom. The van der Waals surface area contributed by atoms with Crippen LogP contribution >= 0.6 is 0 Å². The van der Waals surface area contributed by atoms with E-state index in [0.29, 0.717) is 0 Å². The van der Waals surface area contributed by atoms with Crippen molar-refractivity contribution in [2.45, 2.75) is 55.4 Å². The van der Waals surface area contributed by atoms with Crippen LogP contribution in [0.15, 0.2) is 59.5 Å². The molecule has 0 spiro atoms. The van der Waals surface area contributed by atoms with Crippen molar-refractivity contribution in [3.05, 3.63) is 65.7 Å². The molecule has 29 heavy (non-hydrogen) atoms. The number of aryl methyl sites for hydroxylation is 1. The van der Waals surface area contributed by atoms with Gasteiger partial charge in [-0.2, -0.15) is 8.42 Å². The first kappa shape index (κ1) is 20.5. The highest BCUT2D eigenvalue weighted by Gasteiger charge is 2.52. The zero-order valence-corrected chi connectivity index (χ0v) is 17.1. The fraction of sp³-hybridized carbons (Fsp3) is 0.429. The molecule has 2 saturated heterocycles. The van der Waals surface area contributed by atoms with Crippen molar-refractivity contribution in [1.82, 2.24) is 5.32 Å². The Kier molecular flexibility index (Phi) is 5.74. The summed E-state index contributed by atoms with van der Waals surface area (Å²) in [5.74, 6) is 0. The van der Waals surface area contributed by atoms with Gasteiger partial charge in [-0.1, -0.05) is 48.0 Å². The second-order valence-corrected chi connectivity index (χ2v) is 9.09. The maximum atomic E-state index is 12.7. The van der Waals surface area contributed by atoms with Crippen LogP contribution in [-0.4, -0.2) is 50.8 Å². The zero-order chi connectivity index (χ0) is 20.6. The van der Waals surface area contributed by atoms with Crippen LogP contribution in [0.1, 0.15) is 24.1 Å². The lowest BCUT2D eigenvalue weighted by Crippen LogP contribution is -2.60. The predicted molar refractivity (Wildman–Crippen MR) is 106 cm³/mol. The van der Waals surface area contributed by atoms with Crippen molar-refractivity contribution >= 4 is 10.1 Å². The fourth-order valence-corrected chi connectivity index (χ4v) is 4.81.